The van der Waals surface area contributed by atoms with Gasteiger partial charge in [-0.3, -0.25) is 0 Å². The second-order valence-corrected chi connectivity index (χ2v) is 11.3. The number of rotatable bonds is 9. The van der Waals surface area contributed by atoms with Gasteiger partial charge in [0.1, 0.15) is 0 Å². The molecule has 0 aromatic rings. The molecule has 0 amide bonds. The van der Waals surface area contributed by atoms with Crippen LogP contribution < -0.4 is 0 Å². The van der Waals surface area contributed by atoms with Crippen LogP contribution in [-0.2, 0) is 0 Å². The molecule has 29 heavy (non-hydrogen) atoms. The standard InChI is InChI=1S/C28H49N/c1-3-5-7-19-28(22-29)20-8-10-27(21-28)26-17-15-25(16-18-26)24-13-11-23(12-14-24)9-6-4-2/h23-27H,3-21H2,1-2H3. The van der Waals surface area contributed by atoms with Crippen molar-refractivity contribution in [1.29, 1.82) is 5.26 Å². The van der Waals surface area contributed by atoms with Gasteiger partial charge < -0.3 is 0 Å². The summed E-state index contributed by atoms with van der Waals surface area (Å²) in [7, 11) is 0. The van der Waals surface area contributed by atoms with Crippen LogP contribution in [0.1, 0.15) is 136 Å². The van der Waals surface area contributed by atoms with E-state index in [1.807, 2.05) is 0 Å². The van der Waals surface area contributed by atoms with Crippen molar-refractivity contribution in [3.8, 4) is 6.07 Å². The van der Waals surface area contributed by atoms with Crippen molar-refractivity contribution >= 4 is 0 Å². The van der Waals surface area contributed by atoms with Crippen molar-refractivity contribution in [3.05, 3.63) is 0 Å². The Morgan fingerprint density at radius 2 is 1.31 bits per heavy atom. The highest BCUT2D eigenvalue weighted by Crippen LogP contribution is 2.50. The Kier molecular flexibility index (Phi) is 9.40. The zero-order chi connectivity index (χ0) is 20.5. The number of unbranched alkanes of at least 4 members (excludes halogenated alkanes) is 3. The van der Waals surface area contributed by atoms with Crippen molar-refractivity contribution in [2.45, 2.75) is 136 Å². The van der Waals surface area contributed by atoms with E-state index in [9.17, 15) is 5.26 Å². The lowest BCUT2D eigenvalue weighted by Gasteiger charge is -2.43. The largest absolute Gasteiger partial charge is 0.198 e. The van der Waals surface area contributed by atoms with E-state index in [1.165, 1.54) is 122 Å². The first-order valence-corrected chi connectivity index (χ1v) is 13.6. The fourth-order valence-corrected chi connectivity index (χ4v) is 7.44. The summed E-state index contributed by atoms with van der Waals surface area (Å²) in [6.07, 6.45) is 26.5. The molecule has 0 radical (unpaired) electrons. The molecule has 0 saturated heterocycles. The van der Waals surface area contributed by atoms with Gasteiger partial charge in [0.2, 0.25) is 0 Å². The van der Waals surface area contributed by atoms with Gasteiger partial charge in [0.25, 0.3) is 0 Å². The highest BCUT2D eigenvalue weighted by Gasteiger charge is 2.40. The third-order valence-electron chi connectivity index (χ3n) is 9.39. The summed E-state index contributed by atoms with van der Waals surface area (Å²) in [5.41, 5.74) is 0.0335. The van der Waals surface area contributed by atoms with E-state index in [0.717, 1.165) is 29.6 Å². The predicted octanol–water partition coefficient (Wildman–Crippen LogP) is 9.07. The van der Waals surface area contributed by atoms with Crippen molar-refractivity contribution in [3.63, 3.8) is 0 Å². The van der Waals surface area contributed by atoms with E-state index >= 15 is 0 Å². The number of hydrogen-bond acceptors (Lipinski definition) is 1. The van der Waals surface area contributed by atoms with Crippen LogP contribution in [0.4, 0.5) is 0 Å². The average Bonchev–Trinajstić information content (AvgIpc) is 2.78. The van der Waals surface area contributed by atoms with Gasteiger partial charge in [-0.15, -0.1) is 0 Å². The van der Waals surface area contributed by atoms with Crippen LogP contribution in [0.3, 0.4) is 0 Å². The number of nitriles is 1. The van der Waals surface area contributed by atoms with E-state index in [-0.39, 0.29) is 5.41 Å². The van der Waals surface area contributed by atoms with Gasteiger partial charge >= 0.3 is 0 Å². The van der Waals surface area contributed by atoms with Crippen LogP contribution >= 0.6 is 0 Å². The maximum Gasteiger partial charge on any atom is 0.0689 e. The quantitative estimate of drug-likeness (QED) is 0.355. The molecular formula is C28H49N. The third kappa shape index (κ3) is 6.48. The van der Waals surface area contributed by atoms with Crippen LogP contribution in [0.5, 0.6) is 0 Å². The molecule has 1 nitrogen and oxygen atoms in total. The molecule has 0 heterocycles. The van der Waals surface area contributed by atoms with Crippen LogP contribution in [0.2, 0.25) is 0 Å². The van der Waals surface area contributed by atoms with Crippen LogP contribution in [0, 0.1) is 46.3 Å². The van der Waals surface area contributed by atoms with Crippen LogP contribution in [-0.4, -0.2) is 0 Å². The molecule has 0 aliphatic heterocycles. The summed E-state index contributed by atoms with van der Waals surface area (Å²) in [4.78, 5) is 0. The SMILES string of the molecule is CCCCCC1(C#N)CCCC(C2CCC(C3CCC(CCCC)CC3)CC2)C1. The summed E-state index contributed by atoms with van der Waals surface area (Å²) < 4.78 is 0. The Balaban J connectivity index is 1.43. The first-order valence-electron chi connectivity index (χ1n) is 13.6. The summed E-state index contributed by atoms with van der Waals surface area (Å²) in [6.45, 7) is 4.61. The summed E-state index contributed by atoms with van der Waals surface area (Å²) >= 11 is 0. The number of nitrogens with zero attached hydrogens (tertiary/aromatic N) is 1. The van der Waals surface area contributed by atoms with Crippen molar-refractivity contribution < 1.29 is 0 Å². The fraction of sp³-hybridized carbons (Fsp3) is 0.964. The topological polar surface area (TPSA) is 23.8 Å². The van der Waals surface area contributed by atoms with Crippen molar-refractivity contribution in [2.24, 2.45) is 35.0 Å². The fourth-order valence-electron chi connectivity index (χ4n) is 7.44. The highest BCUT2D eigenvalue weighted by atomic mass is 14.5. The van der Waals surface area contributed by atoms with Crippen molar-refractivity contribution in [2.75, 3.05) is 0 Å². The summed E-state index contributed by atoms with van der Waals surface area (Å²) in [6, 6.07) is 2.82. The Bertz CT molecular complexity index is 489. The second kappa shape index (κ2) is 11.8. The van der Waals surface area contributed by atoms with Gasteiger partial charge in [0.15, 0.2) is 0 Å². The first kappa shape index (κ1) is 23.2. The molecule has 3 saturated carbocycles. The molecule has 3 aliphatic carbocycles. The smallest absolute Gasteiger partial charge is 0.0689 e. The normalized spacial score (nSPS) is 38.4. The maximum atomic E-state index is 9.99. The molecule has 2 unspecified atom stereocenters. The summed E-state index contributed by atoms with van der Waals surface area (Å²) in [5.74, 6) is 4.93. The van der Waals surface area contributed by atoms with Gasteiger partial charge in [-0.1, -0.05) is 78.1 Å². The molecule has 1 heteroatoms. The first-order chi connectivity index (χ1) is 14.2. The Morgan fingerprint density at radius 1 is 0.724 bits per heavy atom. The molecule has 0 aromatic carbocycles. The van der Waals surface area contributed by atoms with Crippen molar-refractivity contribution in [1.82, 2.24) is 0 Å². The predicted molar refractivity (Wildman–Crippen MR) is 125 cm³/mol. The lowest BCUT2D eigenvalue weighted by atomic mass is 9.61. The van der Waals surface area contributed by atoms with Crippen LogP contribution in [0.15, 0.2) is 0 Å². The van der Waals surface area contributed by atoms with E-state index in [2.05, 4.69) is 19.9 Å². The van der Waals surface area contributed by atoms with E-state index in [4.69, 9.17) is 0 Å². The molecule has 0 aromatic heterocycles. The zero-order valence-electron chi connectivity index (χ0n) is 19.8. The maximum absolute atomic E-state index is 9.99. The molecule has 3 rings (SSSR count). The molecule has 2 atom stereocenters. The van der Waals surface area contributed by atoms with Gasteiger partial charge in [-0.05, 0) is 87.4 Å². The Morgan fingerprint density at radius 3 is 1.90 bits per heavy atom. The minimum Gasteiger partial charge on any atom is -0.198 e. The Labute approximate surface area is 182 Å². The Hall–Kier alpha value is -0.510. The average molecular weight is 400 g/mol. The molecular weight excluding hydrogens is 350 g/mol. The lowest BCUT2D eigenvalue weighted by Crippen LogP contribution is -2.34. The number of hydrogen-bond donors (Lipinski definition) is 0. The minimum absolute atomic E-state index is 0.0335. The summed E-state index contributed by atoms with van der Waals surface area (Å²) in [5, 5.41) is 9.99. The van der Waals surface area contributed by atoms with E-state index in [1.54, 1.807) is 0 Å². The highest BCUT2D eigenvalue weighted by molar-refractivity contribution is 5.03. The molecule has 0 N–H and O–H groups in total. The molecule has 3 fully saturated rings. The van der Waals surface area contributed by atoms with Gasteiger partial charge in [0, 0.05) is 0 Å². The van der Waals surface area contributed by atoms with E-state index < -0.39 is 0 Å². The van der Waals surface area contributed by atoms with Gasteiger partial charge in [-0.25, -0.2) is 0 Å². The van der Waals surface area contributed by atoms with Gasteiger partial charge in [-0.2, -0.15) is 5.26 Å². The second-order valence-electron chi connectivity index (χ2n) is 11.3. The molecule has 0 bridgehead atoms. The van der Waals surface area contributed by atoms with Gasteiger partial charge in [0.05, 0.1) is 11.5 Å². The minimum atomic E-state index is 0.0335. The zero-order valence-corrected chi connectivity index (χ0v) is 19.8. The third-order valence-corrected chi connectivity index (χ3v) is 9.39. The molecule has 3 aliphatic rings. The lowest BCUT2D eigenvalue weighted by molar-refractivity contribution is 0.0813. The monoisotopic (exact) mass is 399 g/mol. The molecule has 0 spiro atoms. The molecule has 166 valence electrons. The van der Waals surface area contributed by atoms with Crippen LogP contribution in [0.25, 0.3) is 0 Å². The van der Waals surface area contributed by atoms with E-state index in [0.29, 0.717) is 0 Å².